The summed E-state index contributed by atoms with van der Waals surface area (Å²) in [5.74, 6) is 0.606. The molecule has 0 aliphatic carbocycles. The lowest BCUT2D eigenvalue weighted by molar-refractivity contribution is 0.398. The van der Waals surface area contributed by atoms with Gasteiger partial charge in [-0.2, -0.15) is 5.10 Å². The maximum atomic E-state index is 5.04. The van der Waals surface area contributed by atoms with E-state index in [0.29, 0.717) is 12.4 Å². The van der Waals surface area contributed by atoms with Crippen LogP contribution in [-0.4, -0.2) is 26.9 Å². The summed E-state index contributed by atoms with van der Waals surface area (Å²) in [7, 11) is 3.51. The molecule has 6 nitrogen and oxygen atoms in total. The lowest BCUT2D eigenvalue weighted by Crippen LogP contribution is -2.01. The summed E-state index contributed by atoms with van der Waals surface area (Å²) in [6.45, 7) is 2.68. The van der Waals surface area contributed by atoms with Crippen LogP contribution in [0.1, 0.15) is 11.3 Å². The molecule has 6 heteroatoms. The van der Waals surface area contributed by atoms with Crippen LogP contribution in [-0.2, 0) is 13.6 Å². The topological polar surface area (TPSA) is 64.9 Å². The number of ether oxygens (including phenoxy) is 1. The number of aryl methyl sites for hydroxylation is 2. The van der Waals surface area contributed by atoms with Crippen molar-refractivity contribution in [1.29, 1.82) is 0 Å². The summed E-state index contributed by atoms with van der Waals surface area (Å²) >= 11 is 0. The number of methoxy groups -OCH3 is 1. The first kappa shape index (κ1) is 13.4. The van der Waals surface area contributed by atoms with E-state index in [2.05, 4.69) is 26.4 Å². The number of hydrogen-bond donors (Lipinski definition) is 1. The molecule has 0 aliphatic rings. The summed E-state index contributed by atoms with van der Waals surface area (Å²) in [4.78, 5) is 8.63. The van der Waals surface area contributed by atoms with E-state index < -0.39 is 0 Å². The molecule has 3 rings (SSSR count). The third-order valence-electron chi connectivity index (χ3n) is 3.36. The van der Waals surface area contributed by atoms with Gasteiger partial charge in [0, 0.05) is 31.2 Å². The van der Waals surface area contributed by atoms with Crippen molar-refractivity contribution >= 4 is 16.7 Å². The molecule has 1 N–H and O–H groups in total. The van der Waals surface area contributed by atoms with Gasteiger partial charge in [0.05, 0.1) is 24.7 Å². The minimum atomic E-state index is 0.606. The molecule has 108 valence electrons. The number of pyridine rings is 2. The van der Waals surface area contributed by atoms with Crippen molar-refractivity contribution in [3.8, 4) is 5.88 Å². The molecular weight excluding hydrogens is 266 g/mol. The normalized spacial score (nSPS) is 10.8. The SMILES string of the molecule is COc1ccc(NCc2cnc3c(c2)c(C)nn3C)cn1. The first-order chi connectivity index (χ1) is 10.2. The highest BCUT2D eigenvalue weighted by Crippen LogP contribution is 2.17. The quantitative estimate of drug-likeness (QED) is 0.796. The van der Waals surface area contributed by atoms with Crippen molar-refractivity contribution in [3.63, 3.8) is 0 Å². The van der Waals surface area contributed by atoms with Crippen molar-refractivity contribution in [1.82, 2.24) is 19.7 Å². The highest BCUT2D eigenvalue weighted by molar-refractivity contribution is 5.78. The van der Waals surface area contributed by atoms with Gasteiger partial charge in [-0.05, 0) is 24.6 Å². The number of nitrogens with one attached hydrogen (secondary N) is 1. The molecule has 3 aromatic heterocycles. The number of nitrogens with zero attached hydrogens (tertiary/aromatic N) is 4. The van der Waals surface area contributed by atoms with Gasteiger partial charge in [-0.1, -0.05) is 0 Å². The van der Waals surface area contributed by atoms with Gasteiger partial charge in [-0.15, -0.1) is 0 Å². The maximum Gasteiger partial charge on any atom is 0.213 e. The van der Waals surface area contributed by atoms with Crippen LogP contribution in [0.25, 0.3) is 11.0 Å². The summed E-state index contributed by atoms with van der Waals surface area (Å²) < 4.78 is 6.84. The molecule has 0 fully saturated rings. The average Bonchev–Trinajstić information content (AvgIpc) is 2.80. The molecule has 0 radical (unpaired) electrons. The van der Waals surface area contributed by atoms with Crippen LogP contribution in [0.5, 0.6) is 5.88 Å². The van der Waals surface area contributed by atoms with E-state index in [1.165, 1.54) is 0 Å². The Morgan fingerprint density at radius 1 is 1.24 bits per heavy atom. The highest BCUT2D eigenvalue weighted by Gasteiger charge is 2.07. The molecule has 0 bridgehead atoms. The Kier molecular flexibility index (Phi) is 3.43. The van der Waals surface area contributed by atoms with E-state index in [1.807, 2.05) is 32.3 Å². The molecule has 0 saturated heterocycles. The van der Waals surface area contributed by atoms with Crippen molar-refractivity contribution in [3.05, 3.63) is 41.9 Å². The van der Waals surface area contributed by atoms with Crippen LogP contribution in [0.15, 0.2) is 30.6 Å². The Morgan fingerprint density at radius 3 is 2.81 bits per heavy atom. The van der Waals surface area contributed by atoms with Crippen LogP contribution in [0.2, 0.25) is 0 Å². The van der Waals surface area contributed by atoms with E-state index in [0.717, 1.165) is 28.0 Å². The van der Waals surface area contributed by atoms with Gasteiger partial charge in [-0.3, -0.25) is 4.68 Å². The largest absolute Gasteiger partial charge is 0.481 e. The van der Waals surface area contributed by atoms with Crippen molar-refractivity contribution in [2.45, 2.75) is 13.5 Å². The molecule has 0 saturated carbocycles. The zero-order chi connectivity index (χ0) is 14.8. The van der Waals surface area contributed by atoms with E-state index in [9.17, 15) is 0 Å². The standard InChI is InChI=1S/C15H17N5O/c1-10-13-6-11(8-18-15(13)20(2)19-10)7-16-12-4-5-14(21-3)17-9-12/h4-6,8-9,16H,7H2,1-3H3. The Hall–Kier alpha value is -2.63. The smallest absolute Gasteiger partial charge is 0.213 e. The molecular formula is C15H17N5O. The molecule has 21 heavy (non-hydrogen) atoms. The zero-order valence-electron chi connectivity index (χ0n) is 12.3. The predicted molar refractivity (Wildman–Crippen MR) is 81.4 cm³/mol. The molecule has 3 aromatic rings. The zero-order valence-corrected chi connectivity index (χ0v) is 12.3. The first-order valence-corrected chi connectivity index (χ1v) is 6.69. The number of hydrogen-bond acceptors (Lipinski definition) is 5. The first-order valence-electron chi connectivity index (χ1n) is 6.69. The maximum absolute atomic E-state index is 5.04. The van der Waals surface area contributed by atoms with Crippen LogP contribution in [0.3, 0.4) is 0 Å². The fourth-order valence-corrected chi connectivity index (χ4v) is 2.26. The Balaban J connectivity index is 1.76. The lowest BCUT2D eigenvalue weighted by Gasteiger charge is -2.07. The van der Waals surface area contributed by atoms with E-state index in [1.54, 1.807) is 18.0 Å². The van der Waals surface area contributed by atoms with Crippen LogP contribution in [0, 0.1) is 6.92 Å². The minimum absolute atomic E-state index is 0.606. The summed E-state index contributed by atoms with van der Waals surface area (Å²) in [5, 5.41) is 8.78. The second kappa shape index (κ2) is 5.40. The number of aromatic nitrogens is 4. The van der Waals surface area contributed by atoms with Crippen LogP contribution < -0.4 is 10.1 Å². The van der Waals surface area contributed by atoms with Gasteiger partial charge in [0.2, 0.25) is 5.88 Å². The van der Waals surface area contributed by atoms with E-state index in [4.69, 9.17) is 4.74 Å². The molecule has 0 unspecified atom stereocenters. The molecule has 0 spiro atoms. The fourth-order valence-electron chi connectivity index (χ4n) is 2.26. The van der Waals surface area contributed by atoms with Gasteiger partial charge in [0.1, 0.15) is 0 Å². The van der Waals surface area contributed by atoms with Crippen molar-refractivity contribution in [2.75, 3.05) is 12.4 Å². The molecule has 0 aromatic carbocycles. The van der Waals surface area contributed by atoms with Crippen LogP contribution in [0.4, 0.5) is 5.69 Å². The van der Waals surface area contributed by atoms with E-state index in [-0.39, 0.29) is 0 Å². The second-order valence-corrected chi connectivity index (χ2v) is 4.87. The van der Waals surface area contributed by atoms with Gasteiger partial charge in [-0.25, -0.2) is 9.97 Å². The lowest BCUT2D eigenvalue weighted by atomic mass is 10.2. The summed E-state index contributed by atoms with van der Waals surface area (Å²) in [5.41, 5.74) is 3.95. The Bertz CT molecular complexity index is 764. The van der Waals surface area contributed by atoms with Gasteiger partial charge >= 0.3 is 0 Å². The van der Waals surface area contributed by atoms with E-state index >= 15 is 0 Å². The Labute approximate surface area is 122 Å². The Morgan fingerprint density at radius 2 is 2.10 bits per heavy atom. The second-order valence-electron chi connectivity index (χ2n) is 4.87. The number of fused-ring (bicyclic) bond motifs is 1. The number of anilines is 1. The molecule has 0 atom stereocenters. The molecule has 0 amide bonds. The minimum Gasteiger partial charge on any atom is -0.481 e. The van der Waals surface area contributed by atoms with Gasteiger partial charge < -0.3 is 10.1 Å². The van der Waals surface area contributed by atoms with Crippen molar-refractivity contribution < 1.29 is 4.74 Å². The van der Waals surface area contributed by atoms with Gasteiger partial charge in [0.25, 0.3) is 0 Å². The van der Waals surface area contributed by atoms with Gasteiger partial charge in [0.15, 0.2) is 5.65 Å². The fraction of sp³-hybridized carbons (Fsp3) is 0.267. The average molecular weight is 283 g/mol. The highest BCUT2D eigenvalue weighted by atomic mass is 16.5. The summed E-state index contributed by atoms with van der Waals surface area (Å²) in [6.07, 6.45) is 3.62. The summed E-state index contributed by atoms with van der Waals surface area (Å²) in [6, 6.07) is 5.89. The van der Waals surface area contributed by atoms with Crippen molar-refractivity contribution in [2.24, 2.45) is 7.05 Å². The number of rotatable bonds is 4. The van der Waals surface area contributed by atoms with Crippen LogP contribution >= 0.6 is 0 Å². The molecule has 3 heterocycles. The third kappa shape index (κ3) is 2.65. The predicted octanol–water partition coefficient (Wildman–Crippen LogP) is 2.29. The monoisotopic (exact) mass is 283 g/mol. The molecule has 0 aliphatic heterocycles. The third-order valence-corrected chi connectivity index (χ3v) is 3.36.